The molecule has 0 aromatic heterocycles. The lowest BCUT2D eigenvalue weighted by Crippen LogP contribution is -2.37. The van der Waals surface area contributed by atoms with E-state index in [-0.39, 0.29) is 11.2 Å². The second-order valence-corrected chi connectivity index (χ2v) is 11.7. The molecule has 4 rings (SSSR count). The van der Waals surface area contributed by atoms with E-state index < -0.39 is 10.1 Å². The van der Waals surface area contributed by atoms with Crippen LogP contribution in [0.1, 0.15) is 56.4 Å². The van der Waals surface area contributed by atoms with Gasteiger partial charge in [-0.05, 0) is 55.7 Å². The molecule has 0 bridgehead atoms. The topological polar surface area (TPSA) is 77.5 Å². The molecule has 2 aliphatic rings. The molecule has 0 spiro atoms. The quantitative estimate of drug-likeness (QED) is 0.374. The molecular weight excluding hydrogens is 468 g/mol. The van der Waals surface area contributed by atoms with E-state index in [2.05, 4.69) is 77.0 Å². The van der Waals surface area contributed by atoms with Gasteiger partial charge in [0.05, 0.1) is 12.9 Å². The minimum absolute atomic E-state index is 0.104. The van der Waals surface area contributed by atoms with Crippen LogP contribution in [0.25, 0.3) is 0 Å². The molecule has 192 valence electrons. The highest BCUT2D eigenvalue weighted by Crippen LogP contribution is 2.38. The molecule has 0 aliphatic carbocycles. The molecule has 8 nitrogen and oxygen atoms in total. The van der Waals surface area contributed by atoms with Crippen molar-refractivity contribution < 1.29 is 27.1 Å². The fourth-order valence-electron chi connectivity index (χ4n) is 4.57. The Morgan fingerprint density at radius 3 is 2.17 bits per heavy atom. The summed E-state index contributed by atoms with van der Waals surface area (Å²) in [6, 6.07) is 13.3. The molecule has 2 aromatic carbocycles. The Hall–Kier alpha value is -2.17. The van der Waals surface area contributed by atoms with Crippen LogP contribution in [0.2, 0.25) is 0 Å². The lowest BCUT2D eigenvalue weighted by atomic mass is 9.77. The molecule has 2 aliphatic heterocycles. The van der Waals surface area contributed by atoms with Crippen LogP contribution in [0, 0.1) is 0 Å². The second-order valence-electron chi connectivity index (χ2n) is 10.1. The van der Waals surface area contributed by atoms with Gasteiger partial charge < -0.3 is 9.47 Å². The van der Waals surface area contributed by atoms with Crippen LogP contribution in [-0.2, 0) is 37.8 Å². The van der Waals surface area contributed by atoms with Crippen molar-refractivity contribution in [1.29, 1.82) is 0 Å². The maximum atomic E-state index is 11.7. The van der Waals surface area contributed by atoms with Gasteiger partial charge in [0, 0.05) is 42.2 Å². The second kappa shape index (κ2) is 10.4. The lowest BCUT2D eigenvalue weighted by Gasteiger charge is -2.34. The number of hydrogen-bond acceptors (Lipinski definition) is 8. The minimum atomic E-state index is -3.67. The zero-order chi connectivity index (χ0) is 25.2. The van der Waals surface area contributed by atoms with Gasteiger partial charge in [0.25, 0.3) is 10.1 Å². The summed E-state index contributed by atoms with van der Waals surface area (Å²) in [6.45, 7) is 12.1. The number of hydrogen-bond donors (Lipinski definition) is 0. The minimum Gasteiger partial charge on any atom is -0.478 e. The Morgan fingerprint density at radius 2 is 1.57 bits per heavy atom. The van der Waals surface area contributed by atoms with E-state index in [1.165, 1.54) is 23.8 Å². The SMILES string of the molecule is COOS(=O)(=O)CCCN1COc2ccc(C(C)(C)c3ccc4c(c3)CN(C(C)C)CO4)cc2C1. The zero-order valence-electron chi connectivity index (χ0n) is 21.2. The largest absolute Gasteiger partial charge is 0.478 e. The third-order valence-electron chi connectivity index (χ3n) is 6.89. The fraction of sp³-hybridized carbons (Fsp3) is 0.538. The van der Waals surface area contributed by atoms with Gasteiger partial charge in [0.1, 0.15) is 25.0 Å². The molecule has 0 saturated heterocycles. The van der Waals surface area contributed by atoms with Gasteiger partial charge >= 0.3 is 0 Å². The number of benzene rings is 2. The van der Waals surface area contributed by atoms with Gasteiger partial charge in [-0.3, -0.25) is 9.80 Å². The summed E-state index contributed by atoms with van der Waals surface area (Å²) in [5.41, 5.74) is 4.55. The van der Waals surface area contributed by atoms with E-state index in [9.17, 15) is 8.42 Å². The van der Waals surface area contributed by atoms with Crippen LogP contribution in [-0.4, -0.2) is 57.1 Å². The molecule has 2 heterocycles. The van der Waals surface area contributed by atoms with E-state index in [1.54, 1.807) is 0 Å². The average molecular weight is 505 g/mol. The maximum absolute atomic E-state index is 11.7. The van der Waals surface area contributed by atoms with Crippen LogP contribution < -0.4 is 9.47 Å². The Kier molecular flexibility index (Phi) is 7.73. The predicted molar refractivity (Wildman–Crippen MR) is 134 cm³/mol. The Morgan fingerprint density at radius 1 is 0.971 bits per heavy atom. The molecule has 9 heteroatoms. The predicted octanol–water partition coefficient (Wildman–Crippen LogP) is 4.02. The third kappa shape index (κ3) is 5.98. The number of nitrogens with zero attached hydrogens (tertiary/aromatic N) is 2. The van der Waals surface area contributed by atoms with Crippen molar-refractivity contribution in [2.24, 2.45) is 0 Å². The van der Waals surface area contributed by atoms with E-state index in [0.717, 1.165) is 23.6 Å². The molecule has 0 amide bonds. The first-order chi connectivity index (χ1) is 16.6. The van der Waals surface area contributed by atoms with Crippen LogP contribution >= 0.6 is 0 Å². The summed E-state index contributed by atoms with van der Waals surface area (Å²) < 4.78 is 39.6. The van der Waals surface area contributed by atoms with Crippen molar-refractivity contribution in [2.45, 2.75) is 58.7 Å². The Labute approximate surface area is 208 Å². The maximum Gasteiger partial charge on any atom is 0.293 e. The van der Waals surface area contributed by atoms with Crippen molar-refractivity contribution in [3.63, 3.8) is 0 Å². The first-order valence-electron chi connectivity index (χ1n) is 12.0. The van der Waals surface area contributed by atoms with Crippen LogP contribution in [0.15, 0.2) is 36.4 Å². The highest BCUT2D eigenvalue weighted by atomic mass is 32.2. The lowest BCUT2D eigenvalue weighted by molar-refractivity contribution is -0.172. The van der Waals surface area contributed by atoms with Gasteiger partial charge in [0.2, 0.25) is 0 Å². The smallest absolute Gasteiger partial charge is 0.293 e. The van der Waals surface area contributed by atoms with Crippen molar-refractivity contribution in [3.8, 4) is 11.5 Å². The monoisotopic (exact) mass is 504 g/mol. The summed E-state index contributed by atoms with van der Waals surface area (Å²) in [4.78, 5) is 8.70. The molecule has 0 radical (unpaired) electrons. The number of ether oxygens (including phenoxy) is 2. The molecule has 0 atom stereocenters. The van der Waals surface area contributed by atoms with Crippen LogP contribution in [0.4, 0.5) is 0 Å². The van der Waals surface area contributed by atoms with Crippen molar-refractivity contribution >= 4 is 10.1 Å². The van der Waals surface area contributed by atoms with E-state index in [0.29, 0.717) is 39.0 Å². The highest BCUT2D eigenvalue weighted by Gasteiger charge is 2.28. The normalized spacial score (nSPS) is 17.0. The van der Waals surface area contributed by atoms with E-state index >= 15 is 0 Å². The first-order valence-corrected chi connectivity index (χ1v) is 13.6. The summed E-state index contributed by atoms with van der Waals surface area (Å²) in [6.07, 6.45) is 0.431. The van der Waals surface area contributed by atoms with Crippen LogP contribution in [0.3, 0.4) is 0 Å². The van der Waals surface area contributed by atoms with Crippen molar-refractivity contribution in [3.05, 3.63) is 58.7 Å². The van der Waals surface area contributed by atoms with E-state index in [4.69, 9.17) is 9.47 Å². The van der Waals surface area contributed by atoms with Crippen LogP contribution in [0.5, 0.6) is 11.5 Å². The van der Waals surface area contributed by atoms with E-state index in [1.807, 2.05) is 6.07 Å². The third-order valence-corrected chi connectivity index (χ3v) is 8.02. The van der Waals surface area contributed by atoms with Crippen molar-refractivity contribution in [2.75, 3.05) is 32.9 Å². The Bertz CT molecular complexity index is 1150. The van der Waals surface area contributed by atoms with Gasteiger partial charge in [-0.25, -0.2) is 4.89 Å². The van der Waals surface area contributed by atoms with Crippen molar-refractivity contribution in [1.82, 2.24) is 9.80 Å². The summed E-state index contributed by atoms with van der Waals surface area (Å²) in [5.74, 6) is 1.74. The summed E-state index contributed by atoms with van der Waals surface area (Å²) in [7, 11) is -2.48. The summed E-state index contributed by atoms with van der Waals surface area (Å²) >= 11 is 0. The zero-order valence-corrected chi connectivity index (χ0v) is 22.1. The van der Waals surface area contributed by atoms with Gasteiger partial charge in [-0.1, -0.05) is 26.0 Å². The molecule has 0 fully saturated rings. The highest BCUT2D eigenvalue weighted by molar-refractivity contribution is 7.86. The first kappa shape index (κ1) is 25.9. The Balaban J connectivity index is 1.48. The molecule has 0 unspecified atom stereocenters. The molecule has 2 aromatic rings. The van der Waals surface area contributed by atoms with Gasteiger partial charge in [-0.2, -0.15) is 8.42 Å². The molecule has 35 heavy (non-hydrogen) atoms. The standard InChI is InChI=1S/C26H36N2O6S/c1-19(2)28-16-21-14-23(8-10-25(21)33-18-28)26(3,4)22-7-9-24-20(13-22)15-27(17-32-24)11-6-12-35(29,30)34-31-5/h7-10,13-14,19H,6,11-12,15-18H2,1-5H3. The number of rotatable bonds is 9. The average Bonchev–Trinajstić information content (AvgIpc) is 2.82. The summed E-state index contributed by atoms with van der Waals surface area (Å²) in [5, 5.41) is 0. The van der Waals surface area contributed by atoms with Gasteiger partial charge in [0.15, 0.2) is 0 Å². The molecule has 0 saturated carbocycles. The fourth-order valence-corrected chi connectivity index (χ4v) is 5.33. The molecule has 0 N–H and O–H groups in total. The molecular formula is C26H36N2O6S. The van der Waals surface area contributed by atoms with Gasteiger partial charge in [-0.15, -0.1) is 4.33 Å². The number of fused-ring (bicyclic) bond motifs is 2.